The lowest BCUT2D eigenvalue weighted by Crippen LogP contribution is -2.35. The second-order valence-corrected chi connectivity index (χ2v) is 6.67. The Morgan fingerprint density at radius 2 is 1.39 bits per heavy atom. The third kappa shape index (κ3) is 8.05. The summed E-state index contributed by atoms with van der Waals surface area (Å²) in [5.41, 5.74) is 0. The smallest absolute Gasteiger partial charge is 0.309 e. The van der Waals surface area contributed by atoms with Crippen LogP contribution in [0.25, 0.3) is 0 Å². The van der Waals surface area contributed by atoms with Crippen LogP contribution >= 0.6 is 11.6 Å². The lowest BCUT2D eigenvalue weighted by Gasteiger charge is -2.28. The summed E-state index contributed by atoms with van der Waals surface area (Å²) < 4.78 is 10.5. The number of halogens is 1. The van der Waals surface area contributed by atoms with Crippen molar-refractivity contribution in [1.29, 1.82) is 0 Å². The first-order valence-corrected chi connectivity index (χ1v) is 9.63. The van der Waals surface area contributed by atoms with Crippen LogP contribution in [0, 0.1) is 11.8 Å². The van der Waals surface area contributed by atoms with Gasteiger partial charge in [-0.2, -0.15) is 0 Å². The Labute approximate surface area is 145 Å². The fourth-order valence-corrected chi connectivity index (χ4v) is 3.18. The van der Waals surface area contributed by atoms with Crippen LogP contribution in [0.2, 0.25) is 0 Å². The predicted octanol–water partition coefficient (Wildman–Crippen LogP) is 4.48. The molecule has 2 unspecified atom stereocenters. The Kier molecular flexibility index (Phi) is 11.1. The minimum Gasteiger partial charge on any atom is -0.465 e. The fourth-order valence-electron chi connectivity index (χ4n) is 3.10. The highest BCUT2D eigenvalue weighted by Crippen LogP contribution is 2.32. The number of rotatable bonds is 11. The van der Waals surface area contributed by atoms with Gasteiger partial charge in [0.15, 0.2) is 0 Å². The van der Waals surface area contributed by atoms with Crippen LogP contribution < -0.4 is 0 Å². The molecule has 1 rings (SSSR count). The third-order valence-electron chi connectivity index (χ3n) is 4.44. The van der Waals surface area contributed by atoms with E-state index in [0.717, 1.165) is 32.1 Å². The Hall–Kier alpha value is -0.770. The zero-order chi connectivity index (χ0) is 16.9. The van der Waals surface area contributed by atoms with Crippen molar-refractivity contribution in [3.05, 3.63) is 0 Å². The number of carbonyl (C=O) groups excluding carboxylic acids is 2. The molecule has 0 aromatic heterocycles. The van der Waals surface area contributed by atoms with Gasteiger partial charge in [0, 0.05) is 0 Å². The van der Waals surface area contributed by atoms with Crippen molar-refractivity contribution in [2.45, 2.75) is 71.1 Å². The SMILES string of the molecule is CCCCCCCCOC(=O)C1CCCCC1C(=O)OCCCl. The molecule has 2 atom stereocenters. The van der Waals surface area contributed by atoms with E-state index >= 15 is 0 Å². The van der Waals surface area contributed by atoms with Crippen LogP contribution in [0.5, 0.6) is 0 Å². The molecule has 0 amide bonds. The molecule has 0 radical (unpaired) electrons. The normalized spacial score (nSPS) is 21.0. The van der Waals surface area contributed by atoms with Crippen LogP contribution in [0.1, 0.15) is 71.1 Å². The summed E-state index contributed by atoms with van der Waals surface area (Å²) in [6.45, 7) is 2.86. The zero-order valence-corrected chi connectivity index (χ0v) is 15.1. The lowest BCUT2D eigenvalue weighted by atomic mass is 9.79. The summed E-state index contributed by atoms with van der Waals surface area (Å²) in [4.78, 5) is 24.3. The van der Waals surface area contributed by atoms with E-state index in [0.29, 0.717) is 13.0 Å². The van der Waals surface area contributed by atoms with Gasteiger partial charge in [0.1, 0.15) is 6.61 Å². The zero-order valence-electron chi connectivity index (χ0n) is 14.4. The first-order chi connectivity index (χ1) is 11.2. The molecule has 4 nitrogen and oxygen atoms in total. The van der Waals surface area contributed by atoms with Crippen molar-refractivity contribution in [3.8, 4) is 0 Å². The molecule has 0 bridgehead atoms. The number of esters is 2. The number of unbranched alkanes of at least 4 members (excludes halogenated alkanes) is 5. The number of ether oxygens (including phenoxy) is 2. The molecule has 0 aromatic carbocycles. The van der Waals surface area contributed by atoms with E-state index in [9.17, 15) is 9.59 Å². The van der Waals surface area contributed by atoms with Crippen LogP contribution in [0.4, 0.5) is 0 Å². The Morgan fingerprint density at radius 1 is 0.870 bits per heavy atom. The molecule has 1 saturated carbocycles. The molecule has 0 spiro atoms. The molecule has 1 fully saturated rings. The van der Waals surface area contributed by atoms with E-state index in [1.165, 1.54) is 25.7 Å². The van der Waals surface area contributed by atoms with Crippen LogP contribution in [-0.2, 0) is 19.1 Å². The minimum atomic E-state index is -0.357. The highest BCUT2D eigenvalue weighted by molar-refractivity contribution is 6.18. The first-order valence-electron chi connectivity index (χ1n) is 9.10. The minimum absolute atomic E-state index is 0.205. The first kappa shape index (κ1) is 20.3. The predicted molar refractivity (Wildman–Crippen MR) is 91.5 cm³/mol. The molecular formula is C18H31ClO4. The van der Waals surface area contributed by atoms with Crippen LogP contribution in [0.15, 0.2) is 0 Å². The third-order valence-corrected chi connectivity index (χ3v) is 4.59. The lowest BCUT2D eigenvalue weighted by molar-refractivity contribution is -0.162. The number of hydrogen-bond acceptors (Lipinski definition) is 4. The molecule has 23 heavy (non-hydrogen) atoms. The van der Waals surface area contributed by atoms with Crippen molar-refractivity contribution in [2.24, 2.45) is 11.8 Å². The largest absolute Gasteiger partial charge is 0.465 e. The van der Waals surface area contributed by atoms with E-state index in [2.05, 4.69) is 6.92 Å². The van der Waals surface area contributed by atoms with Crippen molar-refractivity contribution in [1.82, 2.24) is 0 Å². The van der Waals surface area contributed by atoms with Gasteiger partial charge in [-0.15, -0.1) is 11.6 Å². The van der Waals surface area contributed by atoms with Gasteiger partial charge in [-0.05, 0) is 19.3 Å². The number of hydrogen-bond donors (Lipinski definition) is 0. The summed E-state index contributed by atoms with van der Waals surface area (Å²) in [7, 11) is 0. The van der Waals surface area contributed by atoms with Crippen molar-refractivity contribution >= 4 is 23.5 Å². The number of alkyl halides is 1. The molecule has 0 saturated heterocycles. The standard InChI is InChI=1S/C18H31ClO4/c1-2-3-4-5-6-9-13-22-17(20)15-10-7-8-11-16(15)18(21)23-14-12-19/h15-16H,2-14H2,1H3. The Balaban J connectivity index is 2.29. The van der Waals surface area contributed by atoms with Gasteiger partial charge in [0.25, 0.3) is 0 Å². The van der Waals surface area contributed by atoms with Crippen LogP contribution in [0.3, 0.4) is 0 Å². The van der Waals surface area contributed by atoms with Crippen molar-refractivity contribution in [3.63, 3.8) is 0 Å². The maximum Gasteiger partial charge on any atom is 0.309 e. The van der Waals surface area contributed by atoms with Gasteiger partial charge in [0.05, 0.1) is 24.3 Å². The molecule has 0 heterocycles. The molecule has 0 aliphatic heterocycles. The summed E-state index contributed by atoms with van der Waals surface area (Å²) in [6, 6.07) is 0. The molecule has 1 aliphatic rings. The van der Waals surface area contributed by atoms with Crippen LogP contribution in [-0.4, -0.2) is 31.0 Å². The summed E-state index contributed by atoms with van der Waals surface area (Å²) >= 11 is 5.54. The molecule has 0 N–H and O–H groups in total. The summed E-state index contributed by atoms with van der Waals surface area (Å²) in [6.07, 6.45) is 10.3. The Bertz CT molecular complexity index is 346. The maximum atomic E-state index is 12.3. The van der Waals surface area contributed by atoms with E-state index in [-0.39, 0.29) is 36.3 Å². The molecule has 1 aliphatic carbocycles. The van der Waals surface area contributed by atoms with Gasteiger partial charge >= 0.3 is 11.9 Å². The quantitative estimate of drug-likeness (QED) is 0.314. The fraction of sp³-hybridized carbons (Fsp3) is 0.889. The van der Waals surface area contributed by atoms with E-state index in [1.807, 2.05) is 0 Å². The molecule has 134 valence electrons. The summed E-state index contributed by atoms with van der Waals surface area (Å²) in [5, 5.41) is 0. The molecular weight excluding hydrogens is 316 g/mol. The van der Waals surface area contributed by atoms with Crippen molar-refractivity contribution in [2.75, 3.05) is 19.1 Å². The number of carbonyl (C=O) groups is 2. The van der Waals surface area contributed by atoms with Gasteiger partial charge in [-0.25, -0.2) is 0 Å². The average molecular weight is 347 g/mol. The second kappa shape index (κ2) is 12.6. The highest BCUT2D eigenvalue weighted by Gasteiger charge is 2.37. The topological polar surface area (TPSA) is 52.6 Å². The monoisotopic (exact) mass is 346 g/mol. The van der Waals surface area contributed by atoms with Gasteiger partial charge < -0.3 is 9.47 Å². The maximum absolute atomic E-state index is 12.3. The molecule has 0 aromatic rings. The Morgan fingerprint density at radius 3 is 1.96 bits per heavy atom. The van der Waals surface area contributed by atoms with E-state index in [4.69, 9.17) is 21.1 Å². The van der Waals surface area contributed by atoms with Gasteiger partial charge in [0.2, 0.25) is 0 Å². The summed E-state index contributed by atoms with van der Waals surface area (Å²) in [5.74, 6) is -0.945. The van der Waals surface area contributed by atoms with Gasteiger partial charge in [-0.3, -0.25) is 9.59 Å². The average Bonchev–Trinajstić information content (AvgIpc) is 2.58. The second-order valence-electron chi connectivity index (χ2n) is 6.29. The highest BCUT2D eigenvalue weighted by atomic mass is 35.5. The van der Waals surface area contributed by atoms with Crippen molar-refractivity contribution < 1.29 is 19.1 Å². The van der Waals surface area contributed by atoms with Gasteiger partial charge in [-0.1, -0.05) is 51.9 Å². The molecule has 5 heteroatoms. The van der Waals surface area contributed by atoms with E-state index < -0.39 is 0 Å². The van der Waals surface area contributed by atoms with E-state index in [1.54, 1.807) is 0 Å².